The number of nitro benzene ring substituents is 1. The van der Waals surface area contributed by atoms with Gasteiger partial charge in [-0.3, -0.25) is 14.9 Å². The summed E-state index contributed by atoms with van der Waals surface area (Å²) in [7, 11) is 0. The van der Waals surface area contributed by atoms with Crippen LogP contribution in [0, 0.1) is 15.9 Å². The van der Waals surface area contributed by atoms with Crippen molar-refractivity contribution in [2.24, 2.45) is 0 Å². The molecule has 4 rings (SSSR count). The maximum Gasteiger partial charge on any atom is 0.292 e. The first kappa shape index (κ1) is 24.0. The second-order valence-electron chi connectivity index (χ2n) is 8.06. The first-order valence-corrected chi connectivity index (χ1v) is 10.8. The normalized spacial score (nSPS) is 13.9. The Morgan fingerprint density at radius 2 is 1.91 bits per heavy atom. The molecule has 1 N–H and O–H groups in total. The summed E-state index contributed by atoms with van der Waals surface area (Å²) in [6, 6.07) is 14.3. The average Bonchev–Trinajstić information content (AvgIpc) is 3.17. The summed E-state index contributed by atoms with van der Waals surface area (Å²) >= 11 is 6.32. The molecule has 1 heterocycles. The number of nitrogens with zero attached hydrogens (tertiary/aromatic N) is 1. The van der Waals surface area contributed by atoms with E-state index < -0.39 is 22.3 Å². The van der Waals surface area contributed by atoms with E-state index in [1.807, 2.05) is 0 Å². The van der Waals surface area contributed by atoms with E-state index in [2.05, 4.69) is 5.32 Å². The summed E-state index contributed by atoms with van der Waals surface area (Å²) < 4.78 is 31.0. The van der Waals surface area contributed by atoms with Crippen molar-refractivity contribution in [3.05, 3.63) is 105 Å². The molecule has 35 heavy (non-hydrogen) atoms. The van der Waals surface area contributed by atoms with Gasteiger partial charge in [-0.2, -0.15) is 0 Å². The van der Waals surface area contributed by atoms with Crippen LogP contribution in [-0.2, 0) is 9.47 Å². The van der Waals surface area contributed by atoms with Gasteiger partial charge in [0.25, 0.3) is 5.69 Å². The molecule has 1 aliphatic heterocycles. The molecule has 10 heteroatoms. The number of anilines is 2. The first-order valence-electron chi connectivity index (χ1n) is 10.5. The molecule has 8 nitrogen and oxygen atoms in total. The Morgan fingerprint density at radius 1 is 1.14 bits per heavy atom. The largest absolute Gasteiger partial charge is 0.486 e. The second kappa shape index (κ2) is 9.63. The van der Waals surface area contributed by atoms with Crippen LogP contribution in [0.25, 0.3) is 0 Å². The number of para-hydroxylation sites is 2. The quantitative estimate of drug-likeness (QED) is 0.219. The van der Waals surface area contributed by atoms with Gasteiger partial charge in [-0.1, -0.05) is 23.7 Å². The average molecular weight is 499 g/mol. The highest BCUT2D eigenvalue weighted by molar-refractivity contribution is 6.35. The third kappa shape index (κ3) is 5.52. The summed E-state index contributed by atoms with van der Waals surface area (Å²) in [5.74, 6) is -1.45. The Kier molecular flexibility index (Phi) is 6.61. The van der Waals surface area contributed by atoms with E-state index in [0.717, 1.165) is 6.07 Å². The summed E-state index contributed by atoms with van der Waals surface area (Å²) in [5.41, 5.74) is 0.415. The van der Waals surface area contributed by atoms with Gasteiger partial charge in [0.05, 0.1) is 15.5 Å². The van der Waals surface area contributed by atoms with E-state index in [9.17, 15) is 19.3 Å². The van der Waals surface area contributed by atoms with E-state index in [0.29, 0.717) is 11.4 Å². The van der Waals surface area contributed by atoms with Crippen LogP contribution in [0.1, 0.15) is 29.8 Å². The Balaban J connectivity index is 1.51. The van der Waals surface area contributed by atoms with Gasteiger partial charge in [0.15, 0.2) is 11.5 Å². The molecule has 0 aliphatic carbocycles. The van der Waals surface area contributed by atoms with Crippen LogP contribution >= 0.6 is 11.6 Å². The molecular weight excluding hydrogens is 479 g/mol. The van der Waals surface area contributed by atoms with Gasteiger partial charge in [0, 0.05) is 31.2 Å². The minimum absolute atomic E-state index is 0.0371. The van der Waals surface area contributed by atoms with E-state index in [1.165, 1.54) is 42.7 Å². The number of nitro groups is 1. The van der Waals surface area contributed by atoms with Crippen LogP contribution < -0.4 is 10.1 Å². The highest BCUT2D eigenvalue weighted by atomic mass is 35.5. The SMILES string of the molecule is CC1(C)OC=C(COc2ccc(F)c(C(=O)c3ccc(Nc4ccccc4[N+](=O)[O-])cc3Cl)c2)O1. The van der Waals surface area contributed by atoms with Gasteiger partial charge in [-0.05, 0) is 42.5 Å². The molecular formula is C25H20ClFN2O6. The molecule has 0 radical (unpaired) electrons. The molecule has 3 aromatic carbocycles. The minimum atomic E-state index is -0.786. The molecule has 0 atom stereocenters. The summed E-state index contributed by atoms with van der Waals surface area (Å²) in [4.78, 5) is 23.8. The highest BCUT2D eigenvalue weighted by Crippen LogP contribution is 2.31. The lowest BCUT2D eigenvalue weighted by Gasteiger charge is -2.18. The van der Waals surface area contributed by atoms with Crippen molar-refractivity contribution in [1.82, 2.24) is 0 Å². The zero-order valence-electron chi connectivity index (χ0n) is 18.7. The van der Waals surface area contributed by atoms with E-state index in [4.69, 9.17) is 25.8 Å². The van der Waals surface area contributed by atoms with Gasteiger partial charge in [-0.15, -0.1) is 0 Å². The topological polar surface area (TPSA) is 99.9 Å². The van der Waals surface area contributed by atoms with Crippen LogP contribution in [-0.4, -0.2) is 23.1 Å². The van der Waals surface area contributed by atoms with Crippen LogP contribution in [0.2, 0.25) is 5.02 Å². The zero-order valence-corrected chi connectivity index (χ0v) is 19.5. The van der Waals surface area contributed by atoms with Crippen molar-refractivity contribution < 1.29 is 28.3 Å². The lowest BCUT2D eigenvalue weighted by Crippen LogP contribution is -2.21. The number of hydrogen-bond acceptors (Lipinski definition) is 7. The number of carbonyl (C=O) groups excluding carboxylic acids is 1. The van der Waals surface area contributed by atoms with Gasteiger partial charge in [0.1, 0.15) is 30.1 Å². The number of ketones is 1. The third-order valence-corrected chi connectivity index (χ3v) is 5.32. The molecule has 0 fully saturated rings. The fourth-order valence-electron chi connectivity index (χ4n) is 3.37. The van der Waals surface area contributed by atoms with Crippen molar-refractivity contribution in [1.29, 1.82) is 0 Å². The van der Waals surface area contributed by atoms with Crippen LogP contribution in [0.5, 0.6) is 5.75 Å². The number of hydrogen-bond donors (Lipinski definition) is 1. The fourth-order valence-corrected chi connectivity index (χ4v) is 3.64. The maximum absolute atomic E-state index is 14.5. The molecule has 0 spiro atoms. The number of benzene rings is 3. The van der Waals surface area contributed by atoms with Crippen molar-refractivity contribution in [2.45, 2.75) is 19.6 Å². The highest BCUT2D eigenvalue weighted by Gasteiger charge is 2.28. The van der Waals surface area contributed by atoms with Crippen molar-refractivity contribution in [3.8, 4) is 5.75 Å². The van der Waals surface area contributed by atoms with Crippen LogP contribution in [0.15, 0.2) is 72.7 Å². The Labute approximate surface area is 205 Å². The zero-order chi connectivity index (χ0) is 25.2. The Hall–Kier alpha value is -4.11. The molecule has 0 saturated carbocycles. The maximum atomic E-state index is 14.5. The molecule has 0 bridgehead atoms. The number of ether oxygens (including phenoxy) is 3. The first-order chi connectivity index (χ1) is 16.6. The van der Waals surface area contributed by atoms with E-state index >= 15 is 0 Å². The van der Waals surface area contributed by atoms with Gasteiger partial charge in [-0.25, -0.2) is 4.39 Å². The minimum Gasteiger partial charge on any atom is -0.486 e. The lowest BCUT2D eigenvalue weighted by molar-refractivity contribution is -0.383. The predicted octanol–water partition coefficient (Wildman–Crippen LogP) is 6.37. The van der Waals surface area contributed by atoms with Gasteiger partial charge < -0.3 is 19.5 Å². The summed E-state index contributed by atoms with van der Waals surface area (Å²) in [5, 5.41) is 14.2. The number of carbonyl (C=O) groups is 1. The predicted molar refractivity (Wildman–Crippen MR) is 127 cm³/mol. The van der Waals surface area contributed by atoms with E-state index in [1.54, 1.807) is 32.0 Å². The summed E-state index contributed by atoms with van der Waals surface area (Å²) in [6.45, 7) is 3.53. The Bertz CT molecular complexity index is 1340. The Morgan fingerprint density at radius 3 is 2.60 bits per heavy atom. The number of rotatable bonds is 8. The molecule has 0 unspecified atom stereocenters. The van der Waals surface area contributed by atoms with Crippen molar-refractivity contribution >= 4 is 34.4 Å². The molecule has 0 amide bonds. The number of nitrogens with one attached hydrogen (secondary N) is 1. The number of halogens is 2. The second-order valence-corrected chi connectivity index (χ2v) is 8.46. The summed E-state index contributed by atoms with van der Waals surface area (Å²) in [6.07, 6.45) is 1.44. The molecule has 0 saturated heterocycles. The van der Waals surface area contributed by atoms with Crippen LogP contribution in [0.4, 0.5) is 21.5 Å². The molecule has 1 aliphatic rings. The smallest absolute Gasteiger partial charge is 0.292 e. The van der Waals surface area contributed by atoms with Crippen molar-refractivity contribution in [3.63, 3.8) is 0 Å². The fraction of sp³-hybridized carbons (Fsp3) is 0.160. The lowest BCUT2D eigenvalue weighted by atomic mass is 10.0. The van der Waals surface area contributed by atoms with Crippen LogP contribution in [0.3, 0.4) is 0 Å². The standard InChI is InChI=1S/C25H20ClFN2O6/c1-25(2)34-14-17(35-25)13-33-16-8-10-21(27)19(12-16)24(30)18-9-7-15(11-20(18)26)28-22-5-3-4-6-23(22)29(31)32/h3-12,14,28H,13H2,1-2H3. The molecule has 180 valence electrons. The molecule has 3 aromatic rings. The third-order valence-electron chi connectivity index (χ3n) is 5.01. The monoisotopic (exact) mass is 498 g/mol. The van der Waals surface area contributed by atoms with Gasteiger partial charge in [0.2, 0.25) is 5.79 Å². The molecule has 0 aromatic heterocycles. The van der Waals surface area contributed by atoms with E-state index in [-0.39, 0.29) is 39.9 Å². The van der Waals surface area contributed by atoms with Crippen molar-refractivity contribution in [2.75, 3.05) is 11.9 Å². The van der Waals surface area contributed by atoms with Gasteiger partial charge >= 0.3 is 0 Å².